The van der Waals surface area contributed by atoms with Crippen molar-refractivity contribution in [3.63, 3.8) is 0 Å². The maximum absolute atomic E-state index is 14.2. The van der Waals surface area contributed by atoms with Crippen LogP contribution in [0.1, 0.15) is 96.7 Å². The van der Waals surface area contributed by atoms with Gasteiger partial charge in [0, 0.05) is 55.5 Å². The van der Waals surface area contributed by atoms with Gasteiger partial charge in [-0.1, -0.05) is 6.07 Å². The highest BCUT2D eigenvalue weighted by Crippen LogP contribution is 2.40. The van der Waals surface area contributed by atoms with E-state index in [-0.39, 0.29) is 66.5 Å². The summed E-state index contributed by atoms with van der Waals surface area (Å²) >= 11 is 0. The minimum absolute atomic E-state index is 0.00398. The molecule has 19 nitrogen and oxygen atoms in total. The number of aromatic nitrogens is 3. The van der Waals surface area contributed by atoms with E-state index in [1.165, 1.54) is 38.3 Å². The molecule has 3 saturated heterocycles. The number of carbonyl (C=O) groups excluding carboxylic acids is 7. The molecule has 0 radical (unpaired) electrons. The number of H-pyrrole nitrogens is 1. The van der Waals surface area contributed by atoms with E-state index in [1.54, 1.807) is 11.9 Å². The third-order valence-corrected chi connectivity index (χ3v) is 14.0. The van der Waals surface area contributed by atoms with Crippen molar-refractivity contribution in [3.05, 3.63) is 69.8 Å². The lowest BCUT2D eigenvalue weighted by atomic mass is 9.78. The summed E-state index contributed by atoms with van der Waals surface area (Å²) in [6.07, 6.45) is 6.17. The summed E-state index contributed by atoms with van der Waals surface area (Å²) in [7, 11) is -3.38. The van der Waals surface area contributed by atoms with E-state index in [0.717, 1.165) is 37.7 Å². The zero-order chi connectivity index (χ0) is 44.2. The van der Waals surface area contributed by atoms with Crippen molar-refractivity contribution in [2.24, 2.45) is 24.6 Å². The zero-order valence-corrected chi connectivity index (χ0v) is 35.0. The fourth-order valence-electron chi connectivity index (χ4n) is 9.89. The first kappa shape index (κ1) is 42.8. The van der Waals surface area contributed by atoms with E-state index in [0.29, 0.717) is 53.7 Å². The number of amides is 6. The van der Waals surface area contributed by atoms with Crippen LogP contribution >= 0.6 is 7.60 Å². The summed E-state index contributed by atoms with van der Waals surface area (Å²) < 4.78 is 14.5. The van der Waals surface area contributed by atoms with Crippen LogP contribution < -0.4 is 22.1 Å². The summed E-state index contributed by atoms with van der Waals surface area (Å²) in [4.78, 5) is 129. The van der Waals surface area contributed by atoms with Gasteiger partial charge in [-0.05, 0) is 112 Å². The number of rotatable bonds is 10. The molecular weight excluding hydrogens is 823 g/mol. The van der Waals surface area contributed by atoms with Crippen molar-refractivity contribution < 1.29 is 47.9 Å². The molecule has 2 aromatic carbocycles. The first-order chi connectivity index (χ1) is 29.5. The number of hydrogen-bond donors (Lipinski definition) is 6. The van der Waals surface area contributed by atoms with Gasteiger partial charge in [0.05, 0.1) is 11.0 Å². The highest BCUT2D eigenvalue weighted by molar-refractivity contribution is 7.70. The Bertz CT molecular complexity index is 2640. The Morgan fingerprint density at radius 2 is 1.63 bits per heavy atom. The molecule has 328 valence electrons. The third kappa shape index (κ3) is 8.35. The number of fused-ring (bicyclic) bond motifs is 3. The minimum Gasteiger partial charge on any atom is -0.368 e. The van der Waals surface area contributed by atoms with Gasteiger partial charge in [0.1, 0.15) is 23.8 Å². The van der Waals surface area contributed by atoms with Gasteiger partial charge in [-0.3, -0.25) is 52.6 Å². The maximum atomic E-state index is 14.2. The number of primary amides is 1. The summed E-state index contributed by atoms with van der Waals surface area (Å²) in [5.41, 5.74) is 6.58. The SMILES string of the molecule is Cn1c(=O)n(C2CCC(=O)NC2=O)c2ccc(C[C@H]3CC[C@@H](CC(=O)N4CC[C@H]5CC[C@@H](C(N)=O)N5C(=O)[C@@H](NC(=O)c5cc6cc(C(=O)P(=O)(O)O)ccc6[nH]5)C4)CC3)cc21. The lowest BCUT2D eigenvalue weighted by molar-refractivity contribution is -0.144. The molecule has 4 aliphatic rings. The van der Waals surface area contributed by atoms with Gasteiger partial charge in [0.15, 0.2) is 0 Å². The molecule has 0 spiro atoms. The number of imide groups is 1. The number of nitrogens with one attached hydrogen (secondary N) is 3. The average molecular weight is 873 g/mol. The molecule has 4 atom stereocenters. The molecular formula is C42H49N8O11P. The largest absolute Gasteiger partial charge is 0.396 e. The van der Waals surface area contributed by atoms with Crippen molar-refractivity contribution in [1.29, 1.82) is 0 Å². The molecule has 3 aliphatic heterocycles. The van der Waals surface area contributed by atoms with Crippen LogP contribution in [-0.4, -0.2) is 106 Å². The number of piperidine rings is 1. The van der Waals surface area contributed by atoms with E-state index >= 15 is 0 Å². The number of carbonyl (C=O) groups is 7. The van der Waals surface area contributed by atoms with Gasteiger partial charge < -0.3 is 35.6 Å². The summed E-state index contributed by atoms with van der Waals surface area (Å²) in [6.45, 7) is 0.171. The molecule has 7 N–H and O–H groups in total. The van der Waals surface area contributed by atoms with Crippen LogP contribution in [0, 0.1) is 11.8 Å². The molecule has 6 amide bonds. The lowest BCUT2D eigenvalue weighted by Crippen LogP contribution is -2.61. The number of imidazole rings is 1. The number of hydrogen-bond acceptors (Lipinski definition) is 9. The fourth-order valence-corrected chi connectivity index (χ4v) is 10.4. The van der Waals surface area contributed by atoms with E-state index < -0.39 is 54.9 Å². The van der Waals surface area contributed by atoms with Crippen LogP contribution in [-0.2, 0) is 42.0 Å². The Labute approximate surface area is 354 Å². The molecule has 1 aliphatic carbocycles. The summed E-state index contributed by atoms with van der Waals surface area (Å²) in [5.74, 6) is -2.40. The molecule has 4 aromatic rings. The van der Waals surface area contributed by atoms with Gasteiger partial charge >= 0.3 is 13.3 Å². The molecule has 1 unspecified atom stereocenters. The highest BCUT2D eigenvalue weighted by Gasteiger charge is 2.45. The van der Waals surface area contributed by atoms with Gasteiger partial charge in [0.2, 0.25) is 29.5 Å². The second-order valence-corrected chi connectivity index (χ2v) is 18.7. The number of nitrogens with zero attached hydrogens (tertiary/aromatic N) is 4. The normalized spacial score (nSPS) is 24.7. The standard InChI is InChI=1S/C42H49N8O11P/c1-47-34-17-24(6-10-31(34)50(42(47)58)33-12-13-35(51)46-39(33)55)16-22-2-4-23(5-3-22)18-36(52)48-15-14-27-8-11-32(37(43)53)49(27)40(56)30(21-48)45-38(54)29-20-26-19-25(7-9-28(26)44-29)41(57)62(59,60)61/h6-7,9-10,17,19-20,22-23,27,30,32-33,44H,2-5,8,11-16,18,21H2,1H3,(H2,43,53)(H,45,54)(H,46,51,55)(H2,59,60,61)/t22-,23+,27-,30+,32+,33?/m1/s1. The number of aryl methyl sites for hydroxylation is 1. The average Bonchev–Trinajstić information content (AvgIpc) is 3.92. The van der Waals surface area contributed by atoms with E-state index in [2.05, 4.69) is 15.6 Å². The number of benzene rings is 2. The van der Waals surface area contributed by atoms with E-state index in [1.807, 2.05) is 18.2 Å². The first-order valence-corrected chi connectivity index (χ1v) is 22.5. The quantitative estimate of drug-likeness (QED) is 0.0986. The van der Waals surface area contributed by atoms with Gasteiger partial charge in [-0.2, -0.15) is 0 Å². The molecule has 62 heavy (non-hydrogen) atoms. The predicted molar refractivity (Wildman–Crippen MR) is 222 cm³/mol. The van der Waals surface area contributed by atoms with Crippen LogP contribution in [0.4, 0.5) is 0 Å². The molecule has 0 bridgehead atoms. The Morgan fingerprint density at radius 3 is 2.34 bits per heavy atom. The summed E-state index contributed by atoms with van der Waals surface area (Å²) in [5, 5.41) is 5.42. The van der Waals surface area contributed by atoms with Crippen molar-refractivity contribution in [2.45, 2.75) is 94.8 Å². The molecule has 20 heteroatoms. The molecule has 2 aromatic heterocycles. The van der Waals surface area contributed by atoms with Crippen molar-refractivity contribution in [1.82, 2.24) is 34.6 Å². The van der Waals surface area contributed by atoms with Gasteiger partial charge in [-0.15, -0.1) is 0 Å². The van der Waals surface area contributed by atoms with Crippen LogP contribution in [0.15, 0.2) is 47.3 Å². The fraction of sp³-hybridized carbons (Fsp3) is 0.476. The number of nitrogens with two attached hydrogens (primary N) is 1. The Kier molecular flexibility index (Phi) is 11.6. The van der Waals surface area contributed by atoms with Gasteiger partial charge in [-0.25, -0.2) is 4.79 Å². The van der Waals surface area contributed by atoms with E-state index in [4.69, 9.17) is 5.73 Å². The lowest BCUT2D eigenvalue weighted by Gasteiger charge is -2.39. The predicted octanol–water partition coefficient (Wildman–Crippen LogP) is 1.73. The maximum Gasteiger partial charge on any atom is 0.396 e. The Balaban J connectivity index is 0.924. The second kappa shape index (κ2) is 16.8. The van der Waals surface area contributed by atoms with Crippen molar-refractivity contribution in [3.8, 4) is 0 Å². The third-order valence-electron chi connectivity index (χ3n) is 13.2. The summed E-state index contributed by atoms with van der Waals surface area (Å²) in [6, 6.07) is 7.90. The molecule has 4 fully saturated rings. The topological polar surface area (TPSA) is 276 Å². The Morgan fingerprint density at radius 1 is 0.887 bits per heavy atom. The Hall–Kier alpha value is -5.91. The van der Waals surface area contributed by atoms with Crippen LogP contribution in [0.3, 0.4) is 0 Å². The van der Waals surface area contributed by atoms with Gasteiger partial charge in [0.25, 0.3) is 11.4 Å². The first-order valence-electron chi connectivity index (χ1n) is 20.9. The second-order valence-electron chi connectivity index (χ2n) is 17.2. The number of aromatic amines is 1. The van der Waals surface area contributed by atoms with E-state index in [9.17, 15) is 52.7 Å². The zero-order valence-electron chi connectivity index (χ0n) is 34.1. The van der Waals surface area contributed by atoms with Crippen molar-refractivity contribution >= 4 is 70.5 Å². The molecule has 8 rings (SSSR count). The van der Waals surface area contributed by atoms with Crippen LogP contribution in [0.5, 0.6) is 0 Å². The molecule has 1 saturated carbocycles. The van der Waals surface area contributed by atoms with Crippen LogP contribution in [0.2, 0.25) is 0 Å². The van der Waals surface area contributed by atoms with Crippen molar-refractivity contribution in [2.75, 3.05) is 13.1 Å². The minimum atomic E-state index is -5.05. The smallest absolute Gasteiger partial charge is 0.368 e. The highest BCUT2D eigenvalue weighted by atomic mass is 31.2. The molecule has 5 heterocycles. The monoisotopic (exact) mass is 872 g/mol. The van der Waals surface area contributed by atoms with Crippen LogP contribution in [0.25, 0.3) is 21.9 Å².